The molecule has 170 valence electrons. The molecule has 1 aliphatic rings. The fourth-order valence-corrected chi connectivity index (χ4v) is 3.35. The maximum Gasteiger partial charge on any atom is 0.573 e. The van der Waals surface area contributed by atoms with Crippen LogP contribution in [0, 0.1) is 5.92 Å². The molecule has 1 aromatic rings. The maximum absolute atomic E-state index is 12.4. The molecule has 1 aromatic carbocycles. The lowest BCUT2D eigenvalue weighted by atomic mass is 9.97. The van der Waals surface area contributed by atoms with E-state index < -0.39 is 18.1 Å². The first-order valence-electron chi connectivity index (χ1n) is 9.78. The number of nitrogens with zero attached hydrogens (tertiary/aromatic N) is 1. The first-order chi connectivity index (χ1) is 13.9. The van der Waals surface area contributed by atoms with Gasteiger partial charge in [0, 0.05) is 19.2 Å². The standard InChI is InChI=1S/C20H28BrF3N2O4/c1-19(2,3)30-18(27)25-13-14-6-8-26(9-7-14)10-11-28-15-4-5-16(21)17(12-15)29-20(22,23)24/h4-5,12,14H,6-11,13H2,1-3H3,(H,25,27). The lowest BCUT2D eigenvalue weighted by Gasteiger charge is -2.32. The van der Waals surface area contributed by atoms with E-state index in [0.29, 0.717) is 31.4 Å². The van der Waals surface area contributed by atoms with Gasteiger partial charge in [-0.1, -0.05) is 0 Å². The van der Waals surface area contributed by atoms with Crippen molar-refractivity contribution in [2.24, 2.45) is 5.92 Å². The maximum atomic E-state index is 12.4. The number of benzene rings is 1. The van der Waals surface area contributed by atoms with Crippen LogP contribution in [-0.2, 0) is 4.74 Å². The van der Waals surface area contributed by atoms with Gasteiger partial charge in [-0.2, -0.15) is 0 Å². The van der Waals surface area contributed by atoms with Crippen molar-refractivity contribution in [1.82, 2.24) is 10.2 Å². The van der Waals surface area contributed by atoms with Crippen LogP contribution in [0.5, 0.6) is 11.5 Å². The summed E-state index contributed by atoms with van der Waals surface area (Å²) in [7, 11) is 0. The molecule has 0 unspecified atom stereocenters. The molecule has 1 saturated heterocycles. The van der Waals surface area contributed by atoms with Crippen molar-refractivity contribution in [1.29, 1.82) is 0 Å². The molecule has 1 fully saturated rings. The number of piperidine rings is 1. The minimum absolute atomic E-state index is 0.203. The van der Waals surface area contributed by atoms with Crippen molar-refractivity contribution in [2.75, 3.05) is 32.8 Å². The number of hydrogen-bond acceptors (Lipinski definition) is 5. The fourth-order valence-electron chi connectivity index (χ4n) is 3.02. The van der Waals surface area contributed by atoms with Gasteiger partial charge in [-0.3, -0.25) is 4.90 Å². The Morgan fingerprint density at radius 1 is 1.23 bits per heavy atom. The van der Waals surface area contributed by atoms with Gasteiger partial charge in [-0.25, -0.2) is 4.79 Å². The molecule has 6 nitrogen and oxygen atoms in total. The third kappa shape index (κ3) is 9.42. The van der Waals surface area contributed by atoms with Gasteiger partial charge in [-0.05, 0) is 80.7 Å². The Kier molecular flexibility index (Phi) is 8.66. The van der Waals surface area contributed by atoms with E-state index in [4.69, 9.17) is 9.47 Å². The molecule has 1 aliphatic heterocycles. The molecule has 0 radical (unpaired) electrons. The molecule has 1 N–H and O–H groups in total. The van der Waals surface area contributed by atoms with Crippen molar-refractivity contribution in [3.8, 4) is 11.5 Å². The number of ether oxygens (including phenoxy) is 3. The molecule has 2 rings (SSSR count). The second-order valence-corrected chi connectivity index (χ2v) is 9.01. The largest absolute Gasteiger partial charge is 0.573 e. The molecule has 30 heavy (non-hydrogen) atoms. The van der Waals surface area contributed by atoms with Crippen LogP contribution in [0.4, 0.5) is 18.0 Å². The highest BCUT2D eigenvalue weighted by molar-refractivity contribution is 9.10. The Morgan fingerprint density at radius 3 is 2.50 bits per heavy atom. The number of alkyl halides is 3. The summed E-state index contributed by atoms with van der Waals surface area (Å²) in [6.45, 7) is 8.81. The van der Waals surface area contributed by atoms with Crippen LogP contribution >= 0.6 is 15.9 Å². The molecular formula is C20H28BrF3N2O4. The Balaban J connectivity index is 1.68. The van der Waals surface area contributed by atoms with Crippen LogP contribution in [0.3, 0.4) is 0 Å². The number of rotatable bonds is 7. The molecule has 10 heteroatoms. The molecule has 0 bridgehead atoms. The second-order valence-electron chi connectivity index (χ2n) is 8.16. The van der Waals surface area contributed by atoms with Gasteiger partial charge in [0.2, 0.25) is 0 Å². The summed E-state index contributed by atoms with van der Waals surface area (Å²) in [6, 6.07) is 4.26. The van der Waals surface area contributed by atoms with Crippen molar-refractivity contribution >= 4 is 22.0 Å². The zero-order valence-corrected chi connectivity index (χ0v) is 18.9. The summed E-state index contributed by atoms with van der Waals surface area (Å²) < 4.78 is 52.3. The highest BCUT2D eigenvalue weighted by atomic mass is 79.9. The Morgan fingerprint density at radius 2 is 1.90 bits per heavy atom. The predicted octanol–water partition coefficient (Wildman–Crippen LogP) is 4.96. The SMILES string of the molecule is CC(C)(C)OC(=O)NCC1CCN(CCOc2ccc(Br)c(OC(F)(F)F)c2)CC1. The van der Waals surface area contributed by atoms with E-state index >= 15 is 0 Å². The van der Waals surface area contributed by atoms with Crippen LogP contribution in [0.15, 0.2) is 22.7 Å². The van der Waals surface area contributed by atoms with Gasteiger partial charge in [0.1, 0.15) is 23.7 Å². The highest BCUT2D eigenvalue weighted by Crippen LogP contribution is 2.33. The third-order valence-corrected chi connectivity index (χ3v) is 5.10. The minimum Gasteiger partial charge on any atom is -0.492 e. The van der Waals surface area contributed by atoms with Gasteiger partial charge < -0.3 is 19.5 Å². The molecule has 1 amide bonds. The fraction of sp³-hybridized carbons (Fsp3) is 0.650. The molecule has 0 aromatic heterocycles. The van der Waals surface area contributed by atoms with Crippen LogP contribution in [0.1, 0.15) is 33.6 Å². The van der Waals surface area contributed by atoms with E-state index in [9.17, 15) is 18.0 Å². The number of carbonyl (C=O) groups is 1. The molecule has 0 aliphatic carbocycles. The van der Waals surface area contributed by atoms with E-state index in [0.717, 1.165) is 25.9 Å². The molecule has 1 heterocycles. The van der Waals surface area contributed by atoms with Gasteiger partial charge >= 0.3 is 12.5 Å². The van der Waals surface area contributed by atoms with Gasteiger partial charge in [0.05, 0.1) is 4.47 Å². The lowest BCUT2D eigenvalue weighted by Crippen LogP contribution is -2.41. The molecule has 0 saturated carbocycles. The zero-order valence-electron chi connectivity index (χ0n) is 17.4. The third-order valence-electron chi connectivity index (χ3n) is 4.45. The number of amides is 1. The van der Waals surface area contributed by atoms with Crippen LogP contribution < -0.4 is 14.8 Å². The van der Waals surface area contributed by atoms with E-state index in [2.05, 4.69) is 30.9 Å². The van der Waals surface area contributed by atoms with E-state index in [1.807, 2.05) is 20.8 Å². The average molecular weight is 497 g/mol. The number of hydrogen-bond donors (Lipinski definition) is 1. The minimum atomic E-state index is -4.76. The molecular weight excluding hydrogens is 469 g/mol. The number of halogens is 4. The number of carbonyl (C=O) groups excluding carboxylic acids is 1. The Hall–Kier alpha value is -1.68. The monoisotopic (exact) mass is 496 g/mol. The van der Waals surface area contributed by atoms with Crippen molar-refractivity contribution in [3.05, 3.63) is 22.7 Å². The summed E-state index contributed by atoms with van der Waals surface area (Å²) in [6.07, 6.45) is -3.28. The number of likely N-dealkylation sites (tertiary alicyclic amines) is 1. The van der Waals surface area contributed by atoms with Crippen LogP contribution in [0.25, 0.3) is 0 Å². The first kappa shape index (κ1) is 24.6. The van der Waals surface area contributed by atoms with Crippen molar-refractivity contribution in [2.45, 2.75) is 45.6 Å². The normalized spacial score (nSPS) is 16.2. The summed E-state index contributed by atoms with van der Waals surface area (Å²) in [4.78, 5) is 14.0. The molecule has 0 atom stereocenters. The Bertz CT molecular complexity index is 702. The van der Waals surface area contributed by atoms with E-state index in [-0.39, 0.29) is 10.2 Å². The average Bonchev–Trinajstić information content (AvgIpc) is 2.61. The highest BCUT2D eigenvalue weighted by Gasteiger charge is 2.32. The van der Waals surface area contributed by atoms with E-state index in [1.165, 1.54) is 12.1 Å². The quantitative estimate of drug-likeness (QED) is 0.577. The second kappa shape index (κ2) is 10.6. The summed E-state index contributed by atoms with van der Waals surface area (Å²) in [5.41, 5.74) is -0.512. The van der Waals surface area contributed by atoms with E-state index in [1.54, 1.807) is 6.07 Å². The smallest absolute Gasteiger partial charge is 0.492 e. The summed E-state index contributed by atoms with van der Waals surface area (Å²) in [5.74, 6) is 0.371. The van der Waals surface area contributed by atoms with Gasteiger partial charge in [0.25, 0.3) is 0 Å². The van der Waals surface area contributed by atoms with Crippen LogP contribution in [0.2, 0.25) is 0 Å². The van der Waals surface area contributed by atoms with Crippen molar-refractivity contribution in [3.63, 3.8) is 0 Å². The summed E-state index contributed by atoms with van der Waals surface area (Å²) in [5, 5.41) is 2.81. The number of nitrogens with one attached hydrogen (secondary N) is 1. The van der Waals surface area contributed by atoms with Crippen molar-refractivity contribution < 1.29 is 32.2 Å². The summed E-state index contributed by atoms with van der Waals surface area (Å²) >= 11 is 3.03. The number of alkyl carbamates (subject to hydrolysis) is 1. The molecule has 0 spiro atoms. The van der Waals surface area contributed by atoms with Gasteiger partial charge in [0.15, 0.2) is 0 Å². The lowest BCUT2D eigenvalue weighted by molar-refractivity contribution is -0.274. The topological polar surface area (TPSA) is 60.0 Å². The van der Waals surface area contributed by atoms with Crippen LogP contribution in [-0.4, -0.2) is 55.7 Å². The zero-order chi connectivity index (χ0) is 22.4. The Labute approximate surface area is 183 Å². The van der Waals surface area contributed by atoms with Gasteiger partial charge in [-0.15, -0.1) is 13.2 Å². The predicted molar refractivity (Wildman–Crippen MR) is 110 cm³/mol. The first-order valence-corrected chi connectivity index (χ1v) is 10.6.